The van der Waals surface area contributed by atoms with Crippen LogP contribution >= 0.6 is 11.8 Å². The van der Waals surface area contributed by atoms with Gasteiger partial charge >= 0.3 is 0 Å². The van der Waals surface area contributed by atoms with Crippen molar-refractivity contribution in [2.24, 2.45) is 0 Å². The number of nitrogens with zero attached hydrogens (tertiary/aromatic N) is 4. The molecule has 1 aliphatic rings. The summed E-state index contributed by atoms with van der Waals surface area (Å²) in [5.41, 5.74) is 3.68. The number of nitrogens with one attached hydrogen (secondary N) is 1. The van der Waals surface area contributed by atoms with Crippen molar-refractivity contribution < 1.29 is 10.2 Å². The van der Waals surface area contributed by atoms with Gasteiger partial charge in [0.05, 0.1) is 12.4 Å². The van der Waals surface area contributed by atoms with Crippen LogP contribution in [0.4, 0.5) is 5.82 Å². The SMILES string of the molecule is Cc1cccc(CNc2ncnc3c2ncn3C2SC[C@H](O)C2O)c1. The summed E-state index contributed by atoms with van der Waals surface area (Å²) in [6.07, 6.45) is 1.58. The second-order valence-corrected chi connectivity index (χ2v) is 7.32. The summed E-state index contributed by atoms with van der Waals surface area (Å²) in [5, 5.41) is 23.0. The van der Waals surface area contributed by atoms with Crippen molar-refractivity contribution in [1.82, 2.24) is 19.5 Å². The van der Waals surface area contributed by atoms with Gasteiger partial charge in [-0.3, -0.25) is 4.57 Å². The lowest BCUT2D eigenvalue weighted by Gasteiger charge is -2.17. The molecule has 1 saturated heterocycles. The molecule has 1 aromatic carbocycles. The van der Waals surface area contributed by atoms with Crippen molar-refractivity contribution >= 4 is 28.7 Å². The van der Waals surface area contributed by atoms with Gasteiger partial charge in [0.1, 0.15) is 23.3 Å². The standard InChI is InChI=1S/C17H19N5O2S/c1-10-3-2-4-11(5-10)6-18-15-13-16(20-8-19-15)22(9-21-13)17-14(24)12(23)7-25-17/h2-5,8-9,12,14,17,23-24H,6-7H2,1H3,(H,18,19,20)/t12-,14?,17?/m0/s1. The van der Waals surface area contributed by atoms with E-state index < -0.39 is 12.2 Å². The molecule has 0 radical (unpaired) electrons. The maximum absolute atomic E-state index is 10.2. The number of hydrogen-bond acceptors (Lipinski definition) is 7. The summed E-state index contributed by atoms with van der Waals surface area (Å²) >= 11 is 1.49. The highest BCUT2D eigenvalue weighted by molar-refractivity contribution is 7.99. The lowest BCUT2D eigenvalue weighted by Crippen LogP contribution is -2.27. The first kappa shape index (κ1) is 16.3. The van der Waals surface area contributed by atoms with E-state index in [2.05, 4.69) is 45.4 Å². The van der Waals surface area contributed by atoms with Crippen LogP contribution in [0.3, 0.4) is 0 Å². The predicted octanol–water partition coefficient (Wildman–Crippen LogP) is 1.71. The number of anilines is 1. The van der Waals surface area contributed by atoms with E-state index in [9.17, 15) is 10.2 Å². The minimum Gasteiger partial charge on any atom is -0.389 e. The molecule has 1 aliphatic heterocycles. The Labute approximate surface area is 149 Å². The first-order valence-electron chi connectivity index (χ1n) is 8.08. The van der Waals surface area contributed by atoms with Crippen molar-refractivity contribution in [3.63, 3.8) is 0 Å². The molecule has 1 fully saturated rings. The molecule has 4 rings (SSSR count). The van der Waals surface area contributed by atoms with Gasteiger partial charge in [0.2, 0.25) is 0 Å². The number of fused-ring (bicyclic) bond motifs is 1. The second-order valence-electron chi connectivity index (χ2n) is 6.17. The number of aromatic nitrogens is 4. The summed E-state index contributed by atoms with van der Waals surface area (Å²) in [6, 6.07) is 8.27. The molecule has 3 heterocycles. The van der Waals surface area contributed by atoms with Gasteiger partial charge in [0.15, 0.2) is 11.5 Å². The number of aliphatic hydroxyl groups is 2. The van der Waals surface area contributed by atoms with Crippen molar-refractivity contribution in [1.29, 1.82) is 0 Å². The molecule has 25 heavy (non-hydrogen) atoms. The van der Waals surface area contributed by atoms with E-state index >= 15 is 0 Å². The number of rotatable bonds is 4. The van der Waals surface area contributed by atoms with E-state index in [1.54, 1.807) is 10.9 Å². The lowest BCUT2D eigenvalue weighted by molar-refractivity contribution is 0.0313. The molecule has 3 aromatic rings. The van der Waals surface area contributed by atoms with Crippen LogP contribution < -0.4 is 5.32 Å². The van der Waals surface area contributed by atoms with Crippen LogP contribution in [0.25, 0.3) is 11.2 Å². The van der Waals surface area contributed by atoms with E-state index in [1.807, 2.05) is 6.07 Å². The Morgan fingerprint density at radius 3 is 2.92 bits per heavy atom. The highest BCUT2D eigenvalue weighted by Crippen LogP contribution is 2.38. The van der Waals surface area contributed by atoms with Crippen LogP contribution in [-0.4, -0.2) is 47.7 Å². The summed E-state index contributed by atoms with van der Waals surface area (Å²) in [4.78, 5) is 13.0. The summed E-state index contributed by atoms with van der Waals surface area (Å²) in [5.74, 6) is 1.15. The average molecular weight is 357 g/mol. The molecule has 0 amide bonds. The number of aryl methyl sites for hydroxylation is 1. The van der Waals surface area contributed by atoms with E-state index in [0.717, 1.165) is 5.56 Å². The second kappa shape index (κ2) is 6.62. The first-order valence-corrected chi connectivity index (χ1v) is 9.13. The normalized spacial score (nSPS) is 23.2. The zero-order chi connectivity index (χ0) is 17.4. The average Bonchev–Trinajstić information content (AvgIpc) is 3.17. The van der Waals surface area contributed by atoms with E-state index in [0.29, 0.717) is 29.3 Å². The Kier molecular flexibility index (Phi) is 4.32. The third-order valence-electron chi connectivity index (χ3n) is 4.30. The fraction of sp³-hybridized carbons (Fsp3) is 0.353. The molecule has 2 aromatic heterocycles. The fourth-order valence-corrected chi connectivity index (χ4v) is 4.29. The quantitative estimate of drug-likeness (QED) is 0.654. The van der Waals surface area contributed by atoms with Gasteiger partial charge in [-0.25, -0.2) is 15.0 Å². The topological polar surface area (TPSA) is 96.1 Å². The van der Waals surface area contributed by atoms with E-state index in [4.69, 9.17) is 0 Å². The molecular formula is C17H19N5O2S. The summed E-state index contributed by atoms with van der Waals surface area (Å²) in [7, 11) is 0. The van der Waals surface area contributed by atoms with Gasteiger partial charge in [-0.1, -0.05) is 29.8 Å². The van der Waals surface area contributed by atoms with Gasteiger partial charge < -0.3 is 15.5 Å². The number of imidazole rings is 1. The third kappa shape index (κ3) is 3.08. The van der Waals surface area contributed by atoms with Gasteiger partial charge in [-0.15, -0.1) is 11.8 Å². The molecule has 8 heteroatoms. The van der Waals surface area contributed by atoms with Crippen LogP contribution in [0.1, 0.15) is 16.5 Å². The number of aliphatic hydroxyl groups excluding tert-OH is 2. The molecule has 2 unspecified atom stereocenters. The largest absolute Gasteiger partial charge is 0.389 e. The highest BCUT2D eigenvalue weighted by Gasteiger charge is 2.36. The maximum Gasteiger partial charge on any atom is 0.166 e. The Morgan fingerprint density at radius 2 is 2.16 bits per heavy atom. The molecule has 0 saturated carbocycles. The maximum atomic E-state index is 10.2. The highest BCUT2D eigenvalue weighted by atomic mass is 32.2. The van der Waals surface area contributed by atoms with Crippen molar-refractivity contribution in [3.05, 3.63) is 48.0 Å². The van der Waals surface area contributed by atoms with Crippen LogP contribution in [0.5, 0.6) is 0 Å². The smallest absolute Gasteiger partial charge is 0.166 e. The molecule has 0 spiro atoms. The number of thioether (sulfide) groups is 1. The van der Waals surface area contributed by atoms with Gasteiger partial charge in [0, 0.05) is 12.3 Å². The minimum absolute atomic E-state index is 0.292. The van der Waals surface area contributed by atoms with Crippen LogP contribution in [0.15, 0.2) is 36.9 Å². The molecule has 7 nitrogen and oxygen atoms in total. The Bertz CT molecular complexity index is 900. The Hall–Kier alpha value is -2.16. The fourth-order valence-electron chi connectivity index (χ4n) is 3.00. The monoisotopic (exact) mass is 357 g/mol. The van der Waals surface area contributed by atoms with Gasteiger partial charge in [-0.2, -0.15) is 0 Å². The zero-order valence-electron chi connectivity index (χ0n) is 13.7. The number of hydrogen-bond donors (Lipinski definition) is 3. The lowest BCUT2D eigenvalue weighted by atomic mass is 10.1. The molecular weight excluding hydrogens is 338 g/mol. The van der Waals surface area contributed by atoms with Crippen LogP contribution in [0.2, 0.25) is 0 Å². The van der Waals surface area contributed by atoms with E-state index in [-0.39, 0.29) is 5.37 Å². The van der Waals surface area contributed by atoms with Crippen molar-refractivity contribution in [2.45, 2.75) is 31.1 Å². The van der Waals surface area contributed by atoms with Gasteiger partial charge in [-0.05, 0) is 12.5 Å². The molecule has 3 atom stereocenters. The Balaban J connectivity index is 1.61. The first-order chi connectivity index (χ1) is 12.1. The van der Waals surface area contributed by atoms with Crippen LogP contribution in [-0.2, 0) is 6.54 Å². The minimum atomic E-state index is -0.832. The molecule has 130 valence electrons. The zero-order valence-corrected chi connectivity index (χ0v) is 14.5. The molecule has 0 aliphatic carbocycles. The van der Waals surface area contributed by atoms with Crippen molar-refractivity contribution in [2.75, 3.05) is 11.1 Å². The third-order valence-corrected chi connectivity index (χ3v) is 5.68. The van der Waals surface area contributed by atoms with E-state index in [1.165, 1.54) is 23.7 Å². The van der Waals surface area contributed by atoms with Crippen LogP contribution in [0, 0.1) is 6.92 Å². The molecule has 0 bridgehead atoms. The molecule has 3 N–H and O–H groups in total. The summed E-state index contributed by atoms with van der Waals surface area (Å²) in [6.45, 7) is 2.70. The number of benzene rings is 1. The predicted molar refractivity (Wildman–Crippen MR) is 97.3 cm³/mol. The van der Waals surface area contributed by atoms with Crippen molar-refractivity contribution in [3.8, 4) is 0 Å². The van der Waals surface area contributed by atoms with Gasteiger partial charge in [0.25, 0.3) is 0 Å². The Morgan fingerprint density at radius 1 is 1.28 bits per heavy atom. The summed E-state index contributed by atoms with van der Waals surface area (Å²) < 4.78 is 1.81.